The fourth-order valence-corrected chi connectivity index (χ4v) is 2.14. The number of hydrogen-bond acceptors (Lipinski definition) is 3. The van der Waals surface area contributed by atoms with Gasteiger partial charge in [0.05, 0.1) is 18.0 Å². The number of pyridine rings is 1. The van der Waals surface area contributed by atoms with Crippen LogP contribution in [-0.4, -0.2) is 29.1 Å². The van der Waals surface area contributed by atoms with Gasteiger partial charge in [0.1, 0.15) is 5.65 Å². The summed E-state index contributed by atoms with van der Waals surface area (Å²) in [4.78, 5) is 4.55. The van der Waals surface area contributed by atoms with Gasteiger partial charge in [-0.05, 0) is 25.5 Å². The number of aryl methyl sites for hydroxylation is 1. The number of imidazole rings is 1. The maximum atomic E-state index is 5.20. The van der Waals surface area contributed by atoms with E-state index in [1.807, 2.05) is 18.2 Å². The van der Waals surface area contributed by atoms with Crippen LogP contribution in [0.25, 0.3) is 5.65 Å². The van der Waals surface area contributed by atoms with Crippen LogP contribution in [-0.2, 0) is 11.3 Å². The molecule has 18 heavy (non-hydrogen) atoms. The lowest BCUT2D eigenvalue weighted by molar-refractivity contribution is 0.163. The molecule has 2 heterocycles. The maximum Gasteiger partial charge on any atom is 0.137 e. The van der Waals surface area contributed by atoms with Crippen molar-refractivity contribution < 1.29 is 4.74 Å². The third-order valence-electron chi connectivity index (χ3n) is 3.25. The highest BCUT2D eigenvalue weighted by Gasteiger charge is 2.10. The van der Waals surface area contributed by atoms with Gasteiger partial charge >= 0.3 is 0 Å². The number of methoxy groups -OCH3 is 1. The summed E-state index contributed by atoms with van der Waals surface area (Å²) in [6.07, 6.45) is 3.12. The first-order chi connectivity index (χ1) is 8.76. The molecule has 0 aliphatic rings. The minimum absolute atomic E-state index is 0.392. The van der Waals surface area contributed by atoms with E-state index in [-0.39, 0.29) is 0 Å². The van der Waals surface area contributed by atoms with Crippen LogP contribution in [0, 0.1) is 6.92 Å². The number of rotatable bonds is 6. The van der Waals surface area contributed by atoms with Gasteiger partial charge < -0.3 is 14.5 Å². The molecule has 0 aliphatic carbocycles. The number of ether oxygens (including phenoxy) is 1. The summed E-state index contributed by atoms with van der Waals surface area (Å²) >= 11 is 0. The highest BCUT2D eigenvalue weighted by molar-refractivity contribution is 5.42. The van der Waals surface area contributed by atoms with E-state index in [2.05, 4.69) is 34.7 Å². The van der Waals surface area contributed by atoms with Gasteiger partial charge in [-0.25, -0.2) is 4.98 Å². The molecule has 2 aromatic heterocycles. The number of fused-ring (bicyclic) bond motifs is 1. The Bertz CT molecular complexity index is 507. The lowest BCUT2D eigenvalue weighted by atomic mass is 10.2. The molecule has 2 aromatic rings. The Labute approximate surface area is 108 Å². The van der Waals surface area contributed by atoms with Crippen LogP contribution in [0.2, 0.25) is 0 Å². The van der Waals surface area contributed by atoms with Crippen molar-refractivity contribution in [3.8, 4) is 0 Å². The predicted molar refractivity (Wildman–Crippen MR) is 72.7 cm³/mol. The Kier molecular flexibility index (Phi) is 4.33. The molecule has 1 unspecified atom stereocenters. The van der Waals surface area contributed by atoms with Gasteiger partial charge in [0, 0.05) is 25.9 Å². The fourth-order valence-electron chi connectivity index (χ4n) is 2.14. The predicted octanol–water partition coefficient (Wildman–Crippen LogP) is 2.16. The van der Waals surface area contributed by atoms with Crippen LogP contribution in [0.4, 0.5) is 0 Å². The van der Waals surface area contributed by atoms with E-state index in [9.17, 15) is 0 Å². The number of nitrogens with zero attached hydrogens (tertiary/aromatic N) is 2. The van der Waals surface area contributed by atoms with E-state index < -0.39 is 0 Å². The fraction of sp³-hybridized carbons (Fsp3) is 0.500. The molecule has 1 atom stereocenters. The molecule has 4 nitrogen and oxygen atoms in total. The molecule has 0 aliphatic heterocycles. The van der Waals surface area contributed by atoms with Gasteiger partial charge in [-0.1, -0.05) is 13.0 Å². The molecule has 0 amide bonds. The van der Waals surface area contributed by atoms with Gasteiger partial charge in [-0.2, -0.15) is 0 Å². The van der Waals surface area contributed by atoms with Gasteiger partial charge in [-0.3, -0.25) is 0 Å². The molecule has 0 radical (unpaired) electrons. The van der Waals surface area contributed by atoms with Crippen LogP contribution in [0.15, 0.2) is 24.4 Å². The van der Waals surface area contributed by atoms with E-state index in [1.165, 1.54) is 5.69 Å². The lowest BCUT2D eigenvalue weighted by Gasteiger charge is -2.16. The SMILES string of the molecule is CCC(COC)NCc1c(C)nc2ccccn12. The van der Waals surface area contributed by atoms with Crippen molar-refractivity contribution >= 4 is 5.65 Å². The summed E-state index contributed by atoms with van der Waals surface area (Å²) in [7, 11) is 1.74. The summed E-state index contributed by atoms with van der Waals surface area (Å²) < 4.78 is 7.34. The van der Waals surface area contributed by atoms with E-state index >= 15 is 0 Å². The minimum atomic E-state index is 0.392. The van der Waals surface area contributed by atoms with Crippen LogP contribution >= 0.6 is 0 Å². The summed E-state index contributed by atoms with van der Waals surface area (Å²) in [6, 6.07) is 6.47. The second-order valence-electron chi connectivity index (χ2n) is 4.51. The van der Waals surface area contributed by atoms with E-state index in [4.69, 9.17) is 4.74 Å². The maximum absolute atomic E-state index is 5.20. The molecular weight excluding hydrogens is 226 g/mol. The van der Waals surface area contributed by atoms with Crippen LogP contribution in [0.1, 0.15) is 24.7 Å². The van der Waals surface area contributed by atoms with Crippen molar-refractivity contribution in [1.29, 1.82) is 0 Å². The van der Waals surface area contributed by atoms with E-state index in [0.29, 0.717) is 6.04 Å². The van der Waals surface area contributed by atoms with Crippen molar-refractivity contribution in [3.63, 3.8) is 0 Å². The number of aromatic nitrogens is 2. The van der Waals surface area contributed by atoms with Crippen molar-refractivity contribution in [3.05, 3.63) is 35.8 Å². The first-order valence-corrected chi connectivity index (χ1v) is 6.41. The molecule has 0 saturated carbocycles. The Morgan fingerprint density at radius 2 is 2.28 bits per heavy atom. The minimum Gasteiger partial charge on any atom is -0.383 e. The zero-order valence-corrected chi connectivity index (χ0v) is 11.3. The van der Waals surface area contributed by atoms with E-state index in [1.54, 1.807) is 7.11 Å². The zero-order valence-electron chi connectivity index (χ0n) is 11.3. The topological polar surface area (TPSA) is 38.6 Å². The summed E-state index contributed by atoms with van der Waals surface area (Å²) in [5.74, 6) is 0. The molecule has 2 rings (SSSR count). The monoisotopic (exact) mass is 247 g/mol. The first-order valence-electron chi connectivity index (χ1n) is 6.41. The van der Waals surface area contributed by atoms with Crippen molar-refractivity contribution in [2.75, 3.05) is 13.7 Å². The third-order valence-corrected chi connectivity index (χ3v) is 3.25. The van der Waals surface area contributed by atoms with Crippen molar-refractivity contribution in [2.45, 2.75) is 32.9 Å². The molecule has 0 saturated heterocycles. The van der Waals surface area contributed by atoms with Crippen molar-refractivity contribution in [1.82, 2.24) is 14.7 Å². The number of hydrogen-bond donors (Lipinski definition) is 1. The average molecular weight is 247 g/mol. The second kappa shape index (κ2) is 5.98. The Morgan fingerprint density at radius 3 is 3.00 bits per heavy atom. The molecule has 4 heteroatoms. The van der Waals surface area contributed by atoms with Crippen molar-refractivity contribution in [2.24, 2.45) is 0 Å². The molecule has 0 bridgehead atoms. The molecule has 0 spiro atoms. The normalized spacial score (nSPS) is 13.1. The molecule has 1 N–H and O–H groups in total. The molecule has 98 valence electrons. The highest BCUT2D eigenvalue weighted by Crippen LogP contribution is 2.11. The van der Waals surface area contributed by atoms with Gasteiger partial charge in [0.2, 0.25) is 0 Å². The van der Waals surface area contributed by atoms with Crippen LogP contribution < -0.4 is 5.32 Å². The second-order valence-corrected chi connectivity index (χ2v) is 4.51. The largest absolute Gasteiger partial charge is 0.383 e. The lowest BCUT2D eigenvalue weighted by Crippen LogP contribution is -2.32. The number of nitrogens with one attached hydrogen (secondary N) is 1. The zero-order chi connectivity index (χ0) is 13.0. The Hall–Kier alpha value is -1.39. The summed E-state index contributed by atoms with van der Waals surface area (Å²) in [5.41, 5.74) is 3.31. The summed E-state index contributed by atoms with van der Waals surface area (Å²) in [6.45, 7) is 5.78. The van der Waals surface area contributed by atoms with Crippen LogP contribution in [0.5, 0.6) is 0 Å². The highest BCUT2D eigenvalue weighted by atomic mass is 16.5. The third kappa shape index (κ3) is 2.71. The Balaban J connectivity index is 2.13. The Morgan fingerprint density at radius 1 is 1.44 bits per heavy atom. The standard InChI is InChI=1S/C14H21N3O/c1-4-12(10-18-3)15-9-13-11(2)16-14-7-5-6-8-17(13)14/h5-8,12,15H,4,9-10H2,1-3H3. The van der Waals surface area contributed by atoms with Crippen LogP contribution in [0.3, 0.4) is 0 Å². The smallest absolute Gasteiger partial charge is 0.137 e. The molecule has 0 fully saturated rings. The van der Waals surface area contributed by atoms with Gasteiger partial charge in [0.25, 0.3) is 0 Å². The quantitative estimate of drug-likeness (QED) is 0.850. The van der Waals surface area contributed by atoms with Gasteiger partial charge in [-0.15, -0.1) is 0 Å². The summed E-state index contributed by atoms with van der Waals surface area (Å²) in [5, 5.41) is 3.52. The van der Waals surface area contributed by atoms with E-state index in [0.717, 1.165) is 30.9 Å². The average Bonchev–Trinajstić information content (AvgIpc) is 2.70. The van der Waals surface area contributed by atoms with Gasteiger partial charge in [0.15, 0.2) is 0 Å². The first kappa shape index (κ1) is 13.1. The molecular formula is C14H21N3O. The molecule has 0 aromatic carbocycles.